The molecule has 1 aromatic carbocycles. The molecule has 192 valence electrons. The van der Waals surface area contributed by atoms with Crippen molar-refractivity contribution in [3.63, 3.8) is 0 Å². The van der Waals surface area contributed by atoms with Crippen molar-refractivity contribution >= 4 is 45.0 Å². The van der Waals surface area contributed by atoms with Crippen LogP contribution in [0.2, 0.25) is 0 Å². The average molecular weight is 520 g/mol. The Morgan fingerprint density at radius 2 is 1.86 bits per heavy atom. The molecule has 3 N–H and O–H groups in total. The molecule has 37 heavy (non-hydrogen) atoms. The number of aromatic nitrogens is 4. The number of H-pyrrole nitrogens is 1. The molecule has 3 aromatic heterocycles. The second-order valence-corrected chi connectivity index (χ2v) is 10.5. The first-order valence-corrected chi connectivity index (χ1v) is 12.9. The van der Waals surface area contributed by atoms with Crippen molar-refractivity contribution < 1.29 is 14.1 Å². The molecule has 4 aromatic rings. The van der Waals surface area contributed by atoms with E-state index in [-0.39, 0.29) is 5.41 Å². The highest BCUT2D eigenvalue weighted by molar-refractivity contribution is 7.16. The van der Waals surface area contributed by atoms with E-state index in [1.165, 1.54) is 11.3 Å². The van der Waals surface area contributed by atoms with Gasteiger partial charge in [-0.25, -0.2) is 14.8 Å². The number of pyridine rings is 1. The number of nitrogens with one attached hydrogen (secondary N) is 3. The number of hydrogen-bond acceptors (Lipinski definition) is 8. The third-order valence-corrected chi connectivity index (χ3v) is 6.69. The second-order valence-electron chi connectivity index (χ2n) is 9.63. The van der Waals surface area contributed by atoms with Crippen LogP contribution in [0.5, 0.6) is 0 Å². The number of anilines is 3. The van der Waals surface area contributed by atoms with E-state index < -0.39 is 6.03 Å². The van der Waals surface area contributed by atoms with Crippen LogP contribution in [0.1, 0.15) is 26.5 Å². The zero-order valence-electron chi connectivity index (χ0n) is 20.9. The fourth-order valence-corrected chi connectivity index (χ4v) is 4.57. The zero-order chi connectivity index (χ0) is 25.8. The Kier molecular flexibility index (Phi) is 7.06. The summed E-state index contributed by atoms with van der Waals surface area (Å²) in [7, 11) is 0. The number of carbonyl (C=O) groups is 1. The van der Waals surface area contributed by atoms with Gasteiger partial charge in [-0.3, -0.25) is 5.32 Å². The molecule has 1 fully saturated rings. The van der Waals surface area contributed by atoms with E-state index in [0.29, 0.717) is 30.5 Å². The lowest BCUT2D eigenvalue weighted by Gasteiger charge is -2.27. The second kappa shape index (κ2) is 10.6. The Labute approximate surface area is 218 Å². The first-order chi connectivity index (χ1) is 17.8. The molecule has 0 unspecified atom stereocenters. The highest BCUT2D eigenvalue weighted by atomic mass is 32.1. The van der Waals surface area contributed by atoms with E-state index in [0.717, 1.165) is 40.5 Å². The number of fused-ring (bicyclic) bond motifs is 1. The van der Waals surface area contributed by atoms with Crippen molar-refractivity contribution in [1.29, 1.82) is 0 Å². The topological polar surface area (TPSA) is 121 Å². The minimum absolute atomic E-state index is 0.189. The number of morpholine rings is 1. The lowest BCUT2D eigenvalue weighted by molar-refractivity contribution is 0.122. The minimum Gasteiger partial charge on any atom is -0.378 e. The van der Waals surface area contributed by atoms with Crippen molar-refractivity contribution in [2.45, 2.75) is 26.2 Å². The summed E-state index contributed by atoms with van der Waals surface area (Å²) in [5, 5.41) is 11.4. The van der Waals surface area contributed by atoms with Gasteiger partial charge < -0.3 is 24.5 Å². The van der Waals surface area contributed by atoms with Crippen LogP contribution in [0.15, 0.2) is 58.7 Å². The summed E-state index contributed by atoms with van der Waals surface area (Å²) in [5.41, 5.74) is 3.11. The van der Waals surface area contributed by atoms with E-state index >= 15 is 0 Å². The predicted octanol–water partition coefficient (Wildman–Crippen LogP) is 5.58. The SMILES string of the molecule is CC(C)(C)c1cc(NC(=O)Nc2ccc(-c3csc4nc(N5CCOCC5)ccc4nc[nH]3)cc2)no1. The monoisotopic (exact) mass is 519 g/mol. The molecule has 0 saturated carbocycles. The lowest BCUT2D eigenvalue weighted by atomic mass is 9.93. The number of hydrogen-bond donors (Lipinski definition) is 3. The van der Waals surface area contributed by atoms with Gasteiger partial charge in [0, 0.05) is 35.6 Å². The Morgan fingerprint density at radius 3 is 2.59 bits per heavy atom. The summed E-state index contributed by atoms with van der Waals surface area (Å²) in [4.78, 5) is 28.1. The molecule has 1 aliphatic heterocycles. The van der Waals surface area contributed by atoms with Crippen LogP contribution in [-0.2, 0) is 10.2 Å². The van der Waals surface area contributed by atoms with Crippen LogP contribution in [-0.4, -0.2) is 52.4 Å². The molecule has 11 heteroatoms. The first-order valence-electron chi connectivity index (χ1n) is 12.0. The number of urea groups is 1. The van der Waals surface area contributed by atoms with E-state index in [2.05, 4.69) is 30.7 Å². The van der Waals surface area contributed by atoms with Gasteiger partial charge in [-0.05, 0) is 29.8 Å². The molecule has 1 saturated heterocycles. The highest BCUT2D eigenvalue weighted by Gasteiger charge is 2.20. The largest absolute Gasteiger partial charge is 0.378 e. The van der Waals surface area contributed by atoms with Crippen LogP contribution in [0.3, 0.4) is 0 Å². The van der Waals surface area contributed by atoms with E-state index in [4.69, 9.17) is 14.2 Å². The number of rotatable bonds is 4. The number of nitrogens with zero attached hydrogens (tertiary/aromatic N) is 4. The Morgan fingerprint density at radius 1 is 1.08 bits per heavy atom. The summed E-state index contributed by atoms with van der Waals surface area (Å²) in [6.45, 7) is 9.13. The molecule has 2 amide bonds. The van der Waals surface area contributed by atoms with E-state index in [9.17, 15) is 4.79 Å². The van der Waals surface area contributed by atoms with Gasteiger partial charge in [0.15, 0.2) is 5.82 Å². The lowest BCUT2D eigenvalue weighted by Crippen LogP contribution is -2.36. The summed E-state index contributed by atoms with van der Waals surface area (Å²) in [5.74, 6) is 2.00. The van der Waals surface area contributed by atoms with Crippen molar-refractivity contribution in [2.24, 2.45) is 0 Å². The first kappa shape index (κ1) is 24.7. The molecular weight excluding hydrogens is 490 g/mol. The van der Waals surface area contributed by atoms with Crippen LogP contribution in [0.4, 0.5) is 22.1 Å². The maximum atomic E-state index is 12.4. The smallest absolute Gasteiger partial charge is 0.324 e. The highest BCUT2D eigenvalue weighted by Crippen LogP contribution is 2.25. The Hall–Kier alpha value is -3.96. The van der Waals surface area contributed by atoms with E-state index in [1.807, 2.05) is 62.5 Å². The Balaban J connectivity index is 1.29. The van der Waals surface area contributed by atoms with Gasteiger partial charge in [0.25, 0.3) is 0 Å². The van der Waals surface area contributed by atoms with Crippen LogP contribution >= 0.6 is 11.3 Å². The normalized spacial score (nSPS) is 13.9. The van der Waals surface area contributed by atoms with E-state index in [1.54, 1.807) is 12.4 Å². The van der Waals surface area contributed by atoms with Crippen molar-refractivity contribution in [3.8, 4) is 11.3 Å². The molecule has 0 spiro atoms. The summed E-state index contributed by atoms with van der Waals surface area (Å²) in [6, 6.07) is 12.9. The van der Waals surface area contributed by atoms with Gasteiger partial charge in [0.05, 0.1) is 25.2 Å². The molecule has 0 radical (unpaired) electrons. The number of ether oxygens (including phenoxy) is 1. The summed E-state index contributed by atoms with van der Waals surface area (Å²) < 4.78 is 10.8. The van der Waals surface area contributed by atoms with Crippen molar-refractivity contribution in [1.82, 2.24) is 20.1 Å². The third kappa shape index (κ3) is 6.07. The van der Waals surface area contributed by atoms with Gasteiger partial charge in [-0.1, -0.05) is 38.1 Å². The fourth-order valence-electron chi connectivity index (χ4n) is 3.75. The Bertz CT molecular complexity index is 1430. The van der Waals surface area contributed by atoms with Gasteiger partial charge in [0.2, 0.25) is 0 Å². The zero-order valence-corrected chi connectivity index (χ0v) is 21.8. The number of amides is 2. The minimum atomic E-state index is -0.397. The predicted molar refractivity (Wildman–Crippen MR) is 146 cm³/mol. The molecular formula is C26H29N7O3S. The summed E-state index contributed by atoms with van der Waals surface area (Å²) in [6.07, 6.45) is 1.67. The molecule has 1 aliphatic rings. The summed E-state index contributed by atoms with van der Waals surface area (Å²) >= 11 is 1.52. The number of benzene rings is 1. The molecule has 0 bridgehead atoms. The number of carbonyl (C=O) groups excluding carboxylic acids is 1. The fraction of sp³-hybridized carbons (Fsp3) is 0.308. The van der Waals surface area contributed by atoms with Crippen molar-refractivity contribution in [2.75, 3.05) is 41.8 Å². The van der Waals surface area contributed by atoms with Crippen LogP contribution in [0.25, 0.3) is 21.6 Å². The average Bonchev–Trinajstić information content (AvgIpc) is 3.35. The van der Waals surface area contributed by atoms with Gasteiger partial charge in [0.1, 0.15) is 21.9 Å². The number of aromatic amines is 1. The standard InChI is InChI=1S/C26H29N7O3S/c1-26(2,3)21-14-22(32-36-21)30-25(34)29-18-6-4-17(5-7-18)20-15-37-24-19(27-16-28-20)8-9-23(31-24)33-10-12-35-13-11-33/h4-9,14-16H,10-13H2,1-3H3,(H,27,28)(H2,29,30,32,34). The van der Waals surface area contributed by atoms with Crippen LogP contribution < -0.4 is 15.5 Å². The quantitative estimate of drug-likeness (QED) is 0.322. The molecule has 0 atom stereocenters. The molecule has 4 heterocycles. The maximum absolute atomic E-state index is 12.4. The van der Waals surface area contributed by atoms with Crippen molar-refractivity contribution in [3.05, 3.63) is 59.9 Å². The van der Waals surface area contributed by atoms with Gasteiger partial charge in [-0.2, -0.15) is 0 Å². The molecule has 0 aliphatic carbocycles. The molecule has 5 rings (SSSR count). The molecule has 10 nitrogen and oxygen atoms in total. The third-order valence-electron chi connectivity index (χ3n) is 5.82. The maximum Gasteiger partial charge on any atom is 0.324 e. The van der Waals surface area contributed by atoms with Gasteiger partial charge in [-0.15, -0.1) is 11.3 Å². The van der Waals surface area contributed by atoms with Gasteiger partial charge >= 0.3 is 6.03 Å². The van der Waals surface area contributed by atoms with Crippen LogP contribution in [0, 0.1) is 0 Å².